The number of rotatable bonds is 4. The van der Waals surface area contributed by atoms with Crippen molar-refractivity contribution in [2.45, 2.75) is 0 Å². The Hall–Kier alpha value is -2.12. The highest BCUT2D eigenvalue weighted by Crippen LogP contribution is 2.23. The number of aromatic nitrogens is 2. The zero-order valence-corrected chi connectivity index (χ0v) is 9.51. The number of methoxy groups -OCH3 is 1. The molecule has 0 amide bonds. The van der Waals surface area contributed by atoms with E-state index in [0.29, 0.717) is 24.7 Å². The van der Waals surface area contributed by atoms with Crippen molar-refractivity contribution in [2.24, 2.45) is 0 Å². The van der Waals surface area contributed by atoms with Crippen molar-refractivity contribution in [3.05, 3.63) is 30.2 Å². The molecule has 4 nitrogen and oxygen atoms in total. The van der Waals surface area contributed by atoms with Crippen molar-refractivity contribution >= 4 is 10.8 Å². The van der Waals surface area contributed by atoms with E-state index in [0.717, 1.165) is 10.8 Å². The standard InChI is InChI=1S/C13H12N2O2/c1-3-11-12-4-5-14-8-10(12)9-15-13(11)17-7-6-16-2/h1,4-5,8-9H,6-7H2,2H3. The van der Waals surface area contributed by atoms with Gasteiger partial charge in [0.2, 0.25) is 5.88 Å². The highest BCUT2D eigenvalue weighted by Gasteiger charge is 2.08. The third-order valence-electron chi connectivity index (χ3n) is 2.33. The first kappa shape index (κ1) is 11.4. The van der Waals surface area contributed by atoms with Crippen LogP contribution in [0.15, 0.2) is 24.7 Å². The molecule has 0 atom stereocenters. The van der Waals surface area contributed by atoms with Crippen LogP contribution in [0.1, 0.15) is 5.56 Å². The summed E-state index contributed by atoms with van der Waals surface area (Å²) in [6.07, 6.45) is 10.6. The van der Waals surface area contributed by atoms with E-state index in [1.807, 2.05) is 6.07 Å². The highest BCUT2D eigenvalue weighted by molar-refractivity contribution is 5.88. The van der Waals surface area contributed by atoms with Crippen molar-refractivity contribution in [1.29, 1.82) is 0 Å². The van der Waals surface area contributed by atoms with Gasteiger partial charge in [0, 0.05) is 36.5 Å². The molecule has 0 saturated carbocycles. The molecule has 0 saturated heterocycles. The molecular weight excluding hydrogens is 216 g/mol. The lowest BCUT2D eigenvalue weighted by Crippen LogP contribution is -2.06. The van der Waals surface area contributed by atoms with Crippen LogP contribution in [0.2, 0.25) is 0 Å². The molecule has 0 radical (unpaired) electrons. The minimum Gasteiger partial charge on any atom is -0.474 e. The largest absolute Gasteiger partial charge is 0.474 e. The van der Waals surface area contributed by atoms with E-state index in [-0.39, 0.29) is 0 Å². The number of pyridine rings is 2. The van der Waals surface area contributed by atoms with Gasteiger partial charge in [-0.2, -0.15) is 0 Å². The molecule has 0 aromatic carbocycles. The summed E-state index contributed by atoms with van der Waals surface area (Å²) in [7, 11) is 1.62. The first-order chi connectivity index (χ1) is 8.36. The van der Waals surface area contributed by atoms with Gasteiger partial charge in [-0.1, -0.05) is 5.92 Å². The van der Waals surface area contributed by atoms with Gasteiger partial charge in [0.15, 0.2) is 0 Å². The van der Waals surface area contributed by atoms with E-state index in [4.69, 9.17) is 15.9 Å². The third-order valence-corrected chi connectivity index (χ3v) is 2.33. The number of fused-ring (bicyclic) bond motifs is 1. The normalized spacial score (nSPS) is 10.1. The topological polar surface area (TPSA) is 44.2 Å². The summed E-state index contributed by atoms with van der Waals surface area (Å²) in [6, 6.07) is 1.86. The summed E-state index contributed by atoms with van der Waals surface area (Å²) in [5.74, 6) is 3.07. The average Bonchev–Trinajstić information content (AvgIpc) is 2.38. The van der Waals surface area contributed by atoms with Crippen LogP contribution in [0, 0.1) is 12.3 Å². The maximum absolute atomic E-state index is 5.50. The van der Waals surface area contributed by atoms with Crippen molar-refractivity contribution in [3.63, 3.8) is 0 Å². The van der Waals surface area contributed by atoms with Gasteiger partial charge in [-0.25, -0.2) is 4.98 Å². The molecule has 0 aliphatic carbocycles. The van der Waals surface area contributed by atoms with E-state index >= 15 is 0 Å². The minimum atomic E-state index is 0.425. The smallest absolute Gasteiger partial charge is 0.230 e. The summed E-state index contributed by atoms with van der Waals surface area (Å²) in [5, 5.41) is 1.82. The van der Waals surface area contributed by atoms with Crippen molar-refractivity contribution in [2.75, 3.05) is 20.3 Å². The lowest BCUT2D eigenvalue weighted by atomic mass is 10.1. The van der Waals surface area contributed by atoms with Gasteiger partial charge in [0.25, 0.3) is 0 Å². The van der Waals surface area contributed by atoms with Crippen LogP contribution in [0.5, 0.6) is 5.88 Å². The van der Waals surface area contributed by atoms with E-state index in [1.165, 1.54) is 0 Å². The minimum absolute atomic E-state index is 0.425. The molecule has 2 rings (SSSR count). The first-order valence-corrected chi connectivity index (χ1v) is 5.18. The fourth-order valence-corrected chi connectivity index (χ4v) is 1.52. The Labute approximate surface area is 99.6 Å². The van der Waals surface area contributed by atoms with Crippen molar-refractivity contribution in [3.8, 4) is 18.2 Å². The summed E-state index contributed by atoms with van der Waals surface area (Å²) >= 11 is 0. The molecule has 4 heteroatoms. The van der Waals surface area contributed by atoms with E-state index in [1.54, 1.807) is 25.7 Å². The van der Waals surface area contributed by atoms with Crippen LogP contribution < -0.4 is 4.74 Å². The van der Waals surface area contributed by atoms with Gasteiger partial charge in [-0.05, 0) is 6.07 Å². The van der Waals surface area contributed by atoms with Crippen molar-refractivity contribution in [1.82, 2.24) is 9.97 Å². The molecule has 0 N–H and O–H groups in total. The van der Waals surface area contributed by atoms with Gasteiger partial charge >= 0.3 is 0 Å². The predicted molar refractivity (Wildman–Crippen MR) is 64.8 cm³/mol. The quantitative estimate of drug-likeness (QED) is 0.589. The van der Waals surface area contributed by atoms with Crippen LogP contribution in [0.4, 0.5) is 0 Å². The molecule has 2 heterocycles. The molecule has 2 aromatic heterocycles. The summed E-state index contributed by atoms with van der Waals surface area (Å²) in [4.78, 5) is 8.21. The number of terminal acetylenes is 1. The number of ether oxygens (including phenoxy) is 2. The van der Waals surface area contributed by atoms with Crippen LogP contribution in [0.25, 0.3) is 10.8 Å². The molecule has 0 spiro atoms. The molecule has 0 aliphatic rings. The molecular formula is C13H12N2O2. The Bertz CT molecular complexity index is 561. The lowest BCUT2D eigenvalue weighted by molar-refractivity contribution is 0.143. The van der Waals surface area contributed by atoms with E-state index in [9.17, 15) is 0 Å². The van der Waals surface area contributed by atoms with Gasteiger partial charge in [-0.3, -0.25) is 4.98 Å². The zero-order valence-electron chi connectivity index (χ0n) is 9.51. The second-order valence-electron chi connectivity index (χ2n) is 3.39. The molecule has 0 unspecified atom stereocenters. The average molecular weight is 228 g/mol. The highest BCUT2D eigenvalue weighted by atomic mass is 16.5. The number of hydrogen-bond acceptors (Lipinski definition) is 4. The van der Waals surface area contributed by atoms with Gasteiger partial charge in [-0.15, -0.1) is 6.42 Å². The van der Waals surface area contributed by atoms with E-state index < -0.39 is 0 Å². The monoisotopic (exact) mass is 228 g/mol. The Balaban J connectivity index is 2.40. The fraction of sp³-hybridized carbons (Fsp3) is 0.231. The molecule has 0 fully saturated rings. The third kappa shape index (κ3) is 2.35. The van der Waals surface area contributed by atoms with Crippen LogP contribution in [-0.2, 0) is 4.74 Å². The van der Waals surface area contributed by atoms with E-state index in [2.05, 4.69) is 15.9 Å². The molecule has 17 heavy (non-hydrogen) atoms. The summed E-state index contributed by atoms with van der Waals surface area (Å²) < 4.78 is 10.4. The maximum atomic E-state index is 5.50. The SMILES string of the molecule is C#Cc1c(OCCOC)ncc2cnccc12. The summed E-state index contributed by atoms with van der Waals surface area (Å²) in [5.41, 5.74) is 0.654. The van der Waals surface area contributed by atoms with Crippen LogP contribution in [-0.4, -0.2) is 30.3 Å². The Morgan fingerprint density at radius 3 is 3.00 bits per heavy atom. The van der Waals surface area contributed by atoms with Crippen LogP contribution in [0.3, 0.4) is 0 Å². The molecule has 2 aromatic rings. The molecule has 0 bridgehead atoms. The molecule has 86 valence electrons. The Kier molecular flexibility index (Phi) is 3.53. The Morgan fingerprint density at radius 2 is 2.24 bits per heavy atom. The fourth-order valence-electron chi connectivity index (χ4n) is 1.52. The van der Waals surface area contributed by atoms with Gasteiger partial charge in [0.05, 0.1) is 12.2 Å². The number of nitrogens with zero attached hydrogens (tertiary/aromatic N) is 2. The molecule has 0 aliphatic heterocycles. The van der Waals surface area contributed by atoms with Crippen LogP contribution >= 0.6 is 0 Å². The van der Waals surface area contributed by atoms with Crippen molar-refractivity contribution < 1.29 is 9.47 Å². The first-order valence-electron chi connectivity index (χ1n) is 5.18. The van der Waals surface area contributed by atoms with Gasteiger partial charge < -0.3 is 9.47 Å². The maximum Gasteiger partial charge on any atom is 0.230 e. The summed E-state index contributed by atoms with van der Waals surface area (Å²) in [6.45, 7) is 0.925. The Morgan fingerprint density at radius 1 is 1.35 bits per heavy atom. The van der Waals surface area contributed by atoms with Gasteiger partial charge in [0.1, 0.15) is 6.61 Å². The lowest BCUT2D eigenvalue weighted by Gasteiger charge is -2.08. The second-order valence-corrected chi connectivity index (χ2v) is 3.39. The zero-order chi connectivity index (χ0) is 12.1. The number of hydrogen-bond donors (Lipinski definition) is 0. The predicted octanol–water partition coefficient (Wildman–Crippen LogP) is 1.64. The second kappa shape index (κ2) is 5.28.